The fourth-order valence-electron chi connectivity index (χ4n) is 1.85. The Morgan fingerprint density at radius 3 is 2.75 bits per heavy atom. The third kappa shape index (κ3) is 2.98. The number of halogens is 1. The van der Waals surface area contributed by atoms with Gasteiger partial charge in [0.15, 0.2) is 0 Å². The lowest BCUT2D eigenvalue weighted by Crippen LogP contribution is -2.15. The number of aryl methyl sites for hydroxylation is 1. The van der Waals surface area contributed by atoms with E-state index in [1.54, 1.807) is 16.7 Å². The normalized spacial score (nSPS) is 10.2. The predicted octanol–water partition coefficient (Wildman–Crippen LogP) is 2.06. The van der Waals surface area contributed by atoms with Gasteiger partial charge in [0.25, 0.3) is 0 Å². The third-order valence-corrected chi connectivity index (χ3v) is 4.05. The molecule has 2 rings (SSSR count). The lowest BCUT2D eigenvalue weighted by atomic mass is 10.1. The number of aromatic nitrogens is 1. The molecule has 1 aromatic heterocycles. The highest BCUT2D eigenvalue weighted by Gasteiger charge is 2.09. The molecule has 0 radical (unpaired) electrons. The van der Waals surface area contributed by atoms with E-state index in [2.05, 4.69) is 11.8 Å². The second kappa shape index (κ2) is 6.04. The number of benzene rings is 1. The van der Waals surface area contributed by atoms with E-state index in [1.165, 1.54) is 17.4 Å². The second-order valence-electron chi connectivity index (χ2n) is 4.37. The van der Waals surface area contributed by atoms with Crippen molar-refractivity contribution in [2.24, 2.45) is 0 Å². The van der Waals surface area contributed by atoms with Crippen LogP contribution >= 0.6 is 11.3 Å². The van der Waals surface area contributed by atoms with Crippen LogP contribution in [0.3, 0.4) is 0 Å². The van der Waals surface area contributed by atoms with Crippen molar-refractivity contribution >= 4 is 11.3 Å². The smallest absolute Gasteiger partial charge is 0.307 e. The van der Waals surface area contributed by atoms with Gasteiger partial charge in [-0.25, -0.2) is 4.39 Å². The molecule has 3 nitrogen and oxygen atoms in total. The van der Waals surface area contributed by atoms with E-state index in [-0.39, 0.29) is 17.0 Å². The fraction of sp³-hybridized carbons (Fsp3) is 0.267. The molecular formula is C15H14FNO2S. The van der Waals surface area contributed by atoms with Gasteiger partial charge in [-0.15, -0.1) is 0 Å². The van der Waals surface area contributed by atoms with Crippen LogP contribution in [0.2, 0.25) is 0 Å². The van der Waals surface area contributed by atoms with Crippen LogP contribution < -0.4 is 4.87 Å². The Labute approximate surface area is 120 Å². The van der Waals surface area contributed by atoms with Crippen LogP contribution in [0.15, 0.2) is 23.0 Å². The molecule has 20 heavy (non-hydrogen) atoms. The molecule has 0 spiro atoms. The summed E-state index contributed by atoms with van der Waals surface area (Å²) in [5.41, 5.74) is 1.96. The van der Waals surface area contributed by atoms with Crippen molar-refractivity contribution in [2.45, 2.75) is 20.4 Å². The SMILES string of the molecule is Cc1sc(=O)n(Cc2ccc(F)c(C#CCO)c2)c1C. The summed E-state index contributed by atoms with van der Waals surface area (Å²) in [4.78, 5) is 12.8. The number of nitrogens with zero attached hydrogens (tertiary/aromatic N) is 1. The van der Waals surface area contributed by atoms with Gasteiger partial charge in [0, 0.05) is 10.6 Å². The molecule has 1 aromatic carbocycles. The number of aliphatic hydroxyl groups excluding tert-OH is 1. The summed E-state index contributed by atoms with van der Waals surface area (Å²) < 4.78 is 15.2. The molecule has 1 N–H and O–H groups in total. The van der Waals surface area contributed by atoms with Crippen LogP contribution in [0.1, 0.15) is 21.7 Å². The third-order valence-electron chi connectivity index (χ3n) is 3.05. The van der Waals surface area contributed by atoms with Crippen LogP contribution in [-0.2, 0) is 6.54 Å². The number of thiazole rings is 1. The maximum absolute atomic E-state index is 13.5. The van der Waals surface area contributed by atoms with Crippen molar-refractivity contribution in [3.8, 4) is 11.8 Å². The van der Waals surface area contributed by atoms with Gasteiger partial charge in [0.1, 0.15) is 12.4 Å². The summed E-state index contributed by atoms with van der Waals surface area (Å²) in [6.07, 6.45) is 0. The summed E-state index contributed by atoms with van der Waals surface area (Å²) in [7, 11) is 0. The van der Waals surface area contributed by atoms with Crippen LogP contribution in [0, 0.1) is 31.5 Å². The lowest BCUT2D eigenvalue weighted by Gasteiger charge is -2.06. The van der Waals surface area contributed by atoms with Gasteiger partial charge in [-0.1, -0.05) is 29.2 Å². The van der Waals surface area contributed by atoms with Crippen molar-refractivity contribution < 1.29 is 9.50 Å². The molecule has 0 unspecified atom stereocenters. The van der Waals surface area contributed by atoms with E-state index in [0.717, 1.165) is 16.1 Å². The molecule has 0 aliphatic carbocycles. The number of rotatable bonds is 2. The molecular weight excluding hydrogens is 277 g/mol. The summed E-state index contributed by atoms with van der Waals surface area (Å²) in [6.45, 7) is 3.87. The highest BCUT2D eigenvalue weighted by atomic mass is 32.1. The van der Waals surface area contributed by atoms with Crippen molar-refractivity contribution in [3.05, 3.63) is 55.4 Å². The maximum Gasteiger partial charge on any atom is 0.307 e. The van der Waals surface area contributed by atoms with E-state index >= 15 is 0 Å². The summed E-state index contributed by atoms with van der Waals surface area (Å²) in [5.74, 6) is 4.56. The number of hydrogen-bond donors (Lipinski definition) is 1. The van der Waals surface area contributed by atoms with Crippen LogP contribution in [0.5, 0.6) is 0 Å². The minimum Gasteiger partial charge on any atom is -0.384 e. The van der Waals surface area contributed by atoms with E-state index in [0.29, 0.717) is 6.54 Å². The Bertz CT molecular complexity index is 749. The van der Waals surface area contributed by atoms with Gasteiger partial charge in [-0.05, 0) is 31.5 Å². The van der Waals surface area contributed by atoms with E-state index in [9.17, 15) is 9.18 Å². The minimum absolute atomic E-state index is 0.0210. The Morgan fingerprint density at radius 1 is 1.40 bits per heavy atom. The van der Waals surface area contributed by atoms with Gasteiger partial charge in [-0.3, -0.25) is 9.36 Å². The molecule has 5 heteroatoms. The molecule has 0 aliphatic heterocycles. The molecule has 0 atom stereocenters. The Hall–Kier alpha value is -1.90. The van der Waals surface area contributed by atoms with E-state index < -0.39 is 5.82 Å². The van der Waals surface area contributed by atoms with Crippen molar-refractivity contribution in [3.63, 3.8) is 0 Å². The first-order chi connectivity index (χ1) is 9.52. The Balaban J connectivity index is 2.37. The zero-order valence-corrected chi connectivity index (χ0v) is 12.1. The standard InChI is InChI=1S/C15H14FNO2S/c1-10-11(2)20-15(19)17(10)9-12-5-6-14(16)13(8-12)4-3-7-18/h5-6,8,18H,7,9H2,1-2H3. The van der Waals surface area contributed by atoms with Gasteiger partial charge in [0.2, 0.25) is 0 Å². The first kappa shape index (κ1) is 14.5. The topological polar surface area (TPSA) is 42.2 Å². The van der Waals surface area contributed by atoms with Crippen LogP contribution in [-0.4, -0.2) is 16.3 Å². The summed E-state index contributed by atoms with van der Waals surface area (Å²) in [5, 5.41) is 8.66. The number of hydrogen-bond acceptors (Lipinski definition) is 3. The average Bonchev–Trinajstić information content (AvgIpc) is 2.66. The molecule has 104 valence electrons. The molecule has 0 aliphatic rings. The molecule has 1 heterocycles. The second-order valence-corrected chi connectivity index (χ2v) is 5.54. The lowest BCUT2D eigenvalue weighted by molar-refractivity contribution is 0.350. The monoisotopic (exact) mass is 291 g/mol. The molecule has 2 aromatic rings. The van der Waals surface area contributed by atoms with Crippen molar-refractivity contribution in [1.29, 1.82) is 0 Å². The zero-order valence-electron chi connectivity index (χ0n) is 11.2. The predicted molar refractivity (Wildman–Crippen MR) is 77.5 cm³/mol. The van der Waals surface area contributed by atoms with E-state index in [4.69, 9.17) is 5.11 Å². The van der Waals surface area contributed by atoms with Crippen LogP contribution in [0.25, 0.3) is 0 Å². The largest absolute Gasteiger partial charge is 0.384 e. The minimum atomic E-state index is -0.430. The fourth-order valence-corrected chi connectivity index (χ4v) is 2.69. The quantitative estimate of drug-likeness (QED) is 0.861. The zero-order chi connectivity index (χ0) is 14.7. The van der Waals surface area contributed by atoms with Gasteiger partial charge in [0.05, 0.1) is 12.1 Å². The molecule has 0 fully saturated rings. The Morgan fingerprint density at radius 2 is 2.15 bits per heavy atom. The molecule has 0 amide bonds. The van der Waals surface area contributed by atoms with Gasteiger partial charge < -0.3 is 5.11 Å². The van der Waals surface area contributed by atoms with Gasteiger partial charge >= 0.3 is 4.87 Å². The Kier molecular flexibility index (Phi) is 4.38. The number of aliphatic hydroxyl groups is 1. The highest BCUT2D eigenvalue weighted by molar-refractivity contribution is 7.09. The van der Waals surface area contributed by atoms with Crippen molar-refractivity contribution in [2.75, 3.05) is 6.61 Å². The van der Waals surface area contributed by atoms with Crippen LogP contribution in [0.4, 0.5) is 4.39 Å². The first-order valence-electron chi connectivity index (χ1n) is 6.08. The molecule has 0 saturated carbocycles. The average molecular weight is 291 g/mol. The first-order valence-corrected chi connectivity index (χ1v) is 6.89. The summed E-state index contributed by atoms with van der Waals surface area (Å²) in [6, 6.07) is 4.57. The van der Waals surface area contributed by atoms with Gasteiger partial charge in [-0.2, -0.15) is 0 Å². The van der Waals surface area contributed by atoms with E-state index in [1.807, 2.05) is 13.8 Å². The molecule has 0 bridgehead atoms. The summed E-state index contributed by atoms with van der Waals surface area (Å²) >= 11 is 1.21. The highest BCUT2D eigenvalue weighted by Crippen LogP contribution is 2.14. The maximum atomic E-state index is 13.5. The molecule has 0 saturated heterocycles. The van der Waals surface area contributed by atoms with Crippen molar-refractivity contribution in [1.82, 2.24) is 4.57 Å².